The van der Waals surface area contributed by atoms with Gasteiger partial charge in [-0.1, -0.05) is 12.1 Å². The van der Waals surface area contributed by atoms with Crippen molar-refractivity contribution in [1.82, 2.24) is 0 Å². The molecule has 0 unspecified atom stereocenters. The third-order valence-electron chi connectivity index (χ3n) is 3.36. The van der Waals surface area contributed by atoms with Crippen LogP contribution in [0.2, 0.25) is 0 Å². The summed E-state index contributed by atoms with van der Waals surface area (Å²) in [6.07, 6.45) is 2.27. The molecule has 17 heavy (non-hydrogen) atoms. The van der Waals surface area contributed by atoms with Crippen molar-refractivity contribution in [2.24, 2.45) is 0 Å². The molecule has 1 nitrogen and oxygen atoms in total. The topological polar surface area (TPSA) is 9.23 Å². The average Bonchev–Trinajstić information content (AvgIpc) is 2.81. The van der Waals surface area contributed by atoms with Gasteiger partial charge in [-0.2, -0.15) is 0 Å². The average molecular weight is 266 g/mol. The monoisotopic (exact) mass is 266 g/mol. The zero-order valence-electron chi connectivity index (χ0n) is 10.4. The molecule has 0 bridgehead atoms. The lowest BCUT2D eigenvalue weighted by atomic mass is 9.93. The number of rotatable bonds is 1. The Kier molecular flexibility index (Phi) is 3.07. The van der Waals surface area contributed by atoms with Gasteiger partial charge in [0.05, 0.1) is 4.58 Å². The number of benzene rings is 1. The molecule has 1 saturated heterocycles. The van der Waals surface area contributed by atoms with Crippen LogP contribution in [-0.4, -0.2) is 17.1 Å². The smallest absolute Gasteiger partial charge is 0.123 e. The summed E-state index contributed by atoms with van der Waals surface area (Å²) in [4.78, 5) is 0. The van der Waals surface area contributed by atoms with Crippen molar-refractivity contribution in [1.29, 1.82) is 0 Å². The fourth-order valence-corrected chi connectivity index (χ4v) is 5.21. The second-order valence-electron chi connectivity index (χ2n) is 5.30. The molecule has 0 aromatic heterocycles. The Balaban J connectivity index is 1.87. The van der Waals surface area contributed by atoms with Crippen LogP contribution in [0.1, 0.15) is 36.0 Å². The fourth-order valence-electron chi connectivity index (χ4n) is 2.38. The van der Waals surface area contributed by atoms with Gasteiger partial charge in [0.25, 0.3) is 0 Å². The predicted molar refractivity (Wildman–Crippen MR) is 77.1 cm³/mol. The molecule has 2 heterocycles. The third kappa shape index (κ3) is 2.45. The van der Waals surface area contributed by atoms with Gasteiger partial charge in [-0.25, -0.2) is 0 Å². The first kappa shape index (κ1) is 11.8. The highest BCUT2D eigenvalue weighted by molar-refractivity contribution is 8.19. The van der Waals surface area contributed by atoms with E-state index in [1.165, 1.54) is 22.6 Å². The Labute approximate surface area is 112 Å². The van der Waals surface area contributed by atoms with E-state index in [9.17, 15) is 0 Å². The lowest BCUT2D eigenvalue weighted by Gasteiger charge is -2.33. The van der Waals surface area contributed by atoms with Crippen molar-refractivity contribution < 1.29 is 4.74 Å². The van der Waals surface area contributed by atoms with Gasteiger partial charge in [-0.05, 0) is 43.9 Å². The maximum absolute atomic E-state index is 6.02. The first-order chi connectivity index (χ1) is 8.14. The third-order valence-corrected chi connectivity index (χ3v) is 6.47. The maximum atomic E-state index is 6.02. The van der Waals surface area contributed by atoms with Gasteiger partial charge in [0.2, 0.25) is 0 Å². The van der Waals surface area contributed by atoms with E-state index >= 15 is 0 Å². The first-order valence-electron chi connectivity index (χ1n) is 6.19. The van der Waals surface area contributed by atoms with Crippen LogP contribution >= 0.6 is 23.5 Å². The maximum Gasteiger partial charge on any atom is 0.123 e. The predicted octanol–water partition coefficient (Wildman–Crippen LogP) is 4.27. The Morgan fingerprint density at radius 2 is 2.00 bits per heavy atom. The Morgan fingerprint density at radius 1 is 1.24 bits per heavy atom. The molecule has 0 atom stereocenters. The van der Waals surface area contributed by atoms with E-state index in [1.54, 1.807) is 0 Å². The van der Waals surface area contributed by atoms with E-state index in [0.717, 1.165) is 18.6 Å². The normalized spacial score (nSPS) is 23.2. The second kappa shape index (κ2) is 4.43. The summed E-state index contributed by atoms with van der Waals surface area (Å²) < 4.78 is 6.67. The Bertz CT molecular complexity index is 422. The highest BCUT2D eigenvalue weighted by atomic mass is 32.2. The number of fused-ring (bicyclic) bond motifs is 1. The molecule has 1 fully saturated rings. The fraction of sp³-hybridized carbons (Fsp3) is 0.571. The van der Waals surface area contributed by atoms with E-state index in [1.807, 2.05) is 0 Å². The second-order valence-corrected chi connectivity index (χ2v) is 8.03. The highest BCUT2D eigenvalue weighted by Crippen LogP contribution is 2.46. The number of hydrogen-bond acceptors (Lipinski definition) is 3. The molecule has 3 heteroatoms. The lowest BCUT2D eigenvalue weighted by Crippen LogP contribution is -2.32. The molecule has 2 aliphatic heterocycles. The molecule has 1 aromatic carbocycles. The zero-order chi connectivity index (χ0) is 11.9. The van der Waals surface area contributed by atoms with E-state index in [0.29, 0.717) is 4.58 Å². The van der Waals surface area contributed by atoms with Crippen LogP contribution in [0, 0.1) is 0 Å². The quantitative estimate of drug-likeness (QED) is 0.751. The first-order valence-corrected chi connectivity index (χ1v) is 8.29. The Hall–Kier alpha value is -0.280. The molecule has 3 rings (SSSR count). The van der Waals surface area contributed by atoms with Crippen LogP contribution in [0.4, 0.5) is 0 Å². The van der Waals surface area contributed by atoms with Crippen molar-refractivity contribution in [2.75, 3.05) is 11.5 Å². The van der Waals surface area contributed by atoms with E-state index in [4.69, 9.17) is 4.74 Å². The van der Waals surface area contributed by atoms with Crippen LogP contribution in [0.25, 0.3) is 0 Å². The van der Waals surface area contributed by atoms with Crippen LogP contribution in [0.5, 0.6) is 5.75 Å². The molecule has 0 N–H and O–H groups in total. The number of thioether (sulfide) groups is 2. The summed E-state index contributed by atoms with van der Waals surface area (Å²) in [6.45, 7) is 4.35. The molecule has 92 valence electrons. The van der Waals surface area contributed by atoms with Crippen molar-refractivity contribution in [3.05, 3.63) is 29.3 Å². The molecule has 0 saturated carbocycles. The van der Waals surface area contributed by atoms with Gasteiger partial charge in [0, 0.05) is 11.5 Å². The standard InChI is InChI=1S/C14H18OS2/c1-14(2)6-5-10-9-11(3-4-12(10)15-14)13-16-7-8-17-13/h3-4,9,13H,5-8H2,1-2H3. The number of aryl methyl sites for hydroxylation is 1. The van der Waals surface area contributed by atoms with Gasteiger partial charge in [-0.15, -0.1) is 23.5 Å². The number of ether oxygens (including phenoxy) is 1. The van der Waals surface area contributed by atoms with Crippen LogP contribution in [0.3, 0.4) is 0 Å². The highest BCUT2D eigenvalue weighted by Gasteiger charge is 2.27. The van der Waals surface area contributed by atoms with E-state index in [2.05, 4.69) is 55.6 Å². The summed E-state index contributed by atoms with van der Waals surface area (Å²) in [6, 6.07) is 6.78. The van der Waals surface area contributed by atoms with Gasteiger partial charge in [0.15, 0.2) is 0 Å². The van der Waals surface area contributed by atoms with Crippen LogP contribution < -0.4 is 4.74 Å². The molecular weight excluding hydrogens is 248 g/mol. The number of hydrogen-bond donors (Lipinski definition) is 0. The van der Waals surface area contributed by atoms with Gasteiger partial charge < -0.3 is 4.74 Å². The molecule has 1 aromatic rings. The minimum atomic E-state index is 0.00533. The molecule has 2 aliphatic rings. The van der Waals surface area contributed by atoms with Crippen LogP contribution in [0.15, 0.2) is 18.2 Å². The Morgan fingerprint density at radius 3 is 2.76 bits per heavy atom. The summed E-state index contributed by atoms with van der Waals surface area (Å²) in [5.41, 5.74) is 2.88. The lowest BCUT2D eigenvalue weighted by molar-refractivity contribution is 0.0846. The largest absolute Gasteiger partial charge is 0.488 e. The zero-order valence-corrected chi connectivity index (χ0v) is 12.0. The van der Waals surface area contributed by atoms with Crippen molar-refractivity contribution >= 4 is 23.5 Å². The summed E-state index contributed by atoms with van der Waals surface area (Å²) >= 11 is 4.14. The van der Waals surface area contributed by atoms with Gasteiger partial charge >= 0.3 is 0 Å². The van der Waals surface area contributed by atoms with Gasteiger partial charge in [0.1, 0.15) is 11.4 Å². The minimum Gasteiger partial charge on any atom is -0.488 e. The summed E-state index contributed by atoms with van der Waals surface area (Å²) in [5.74, 6) is 3.67. The van der Waals surface area contributed by atoms with Crippen molar-refractivity contribution in [3.63, 3.8) is 0 Å². The molecule has 0 radical (unpaired) electrons. The molecule has 0 amide bonds. The SMILES string of the molecule is CC1(C)CCc2cc(C3SCCS3)ccc2O1. The molecule has 0 aliphatic carbocycles. The van der Waals surface area contributed by atoms with Crippen molar-refractivity contribution in [2.45, 2.75) is 36.9 Å². The van der Waals surface area contributed by atoms with E-state index < -0.39 is 0 Å². The van der Waals surface area contributed by atoms with E-state index in [-0.39, 0.29) is 5.60 Å². The van der Waals surface area contributed by atoms with Gasteiger partial charge in [-0.3, -0.25) is 0 Å². The minimum absolute atomic E-state index is 0.00533. The molecule has 0 spiro atoms. The van der Waals surface area contributed by atoms with Crippen molar-refractivity contribution in [3.8, 4) is 5.75 Å². The van der Waals surface area contributed by atoms with Crippen LogP contribution in [-0.2, 0) is 6.42 Å². The molecular formula is C14H18OS2. The summed E-state index contributed by atoms with van der Waals surface area (Å²) in [5, 5.41) is 0. The summed E-state index contributed by atoms with van der Waals surface area (Å²) in [7, 11) is 0.